The lowest BCUT2D eigenvalue weighted by molar-refractivity contribution is -0.145. The van der Waals surface area contributed by atoms with Crippen LogP contribution in [0.1, 0.15) is 34.6 Å². The number of hydrogen-bond acceptors (Lipinski definition) is 8. The number of carbonyl (C=O) groups excluding carboxylic acids is 1. The average molecular weight is 495 g/mol. The number of thioether (sulfide) groups is 1. The van der Waals surface area contributed by atoms with Crippen LogP contribution in [0, 0.1) is 0 Å². The van der Waals surface area contributed by atoms with Crippen molar-refractivity contribution in [3.05, 3.63) is 59.8 Å². The molecule has 1 unspecified atom stereocenters. The van der Waals surface area contributed by atoms with E-state index in [2.05, 4.69) is 20.3 Å². The Hall–Kier alpha value is -2.86. The maximum absolute atomic E-state index is 12.8. The Morgan fingerprint density at radius 3 is 2.61 bits per heavy atom. The van der Waals surface area contributed by atoms with Gasteiger partial charge in [0, 0.05) is 48.5 Å². The smallest absolute Gasteiger partial charge is 0.399 e. The van der Waals surface area contributed by atoms with Crippen molar-refractivity contribution in [2.75, 3.05) is 24.1 Å². The Labute approximate surface area is 196 Å². The van der Waals surface area contributed by atoms with Gasteiger partial charge in [-0.25, -0.2) is 15.0 Å². The minimum absolute atomic E-state index is 0.0179. The molecule has 33 heavy (non-hydrogen) atoms. The fourth-order valence-corrected chi connectivity index (χ4v) is 5.25. The van der Waals surface area contributed by atoms with Crippen molar-refractivity contribution >= 4 is 39.8 Å². The zero-order valence-corrected chi connectivity index (χ0v) is 19.0. The van der Waals surface area contributed by atoms with Gasteiger partial charge in [-0.1, -0.05) is 11.3 Å². The van der Waals surface area contributed by atoms with Crippen LogP contribution < -0.4 is 11.1 Å². The standard InChI is InChI=1S/C21H21F3N6OS2/c22-21(23,24)19-26-8-13(9-27-19)12-32-17-10-28-20(33-17)29-16-2-1-7-30(11-16)18(31)14-3-5-15(25)6-4-14/h3-6,8-10,16H,1-2,7,11-12,25H2,(H,28,29). The molecule has 1 amide bonds. The second-order valence-corrected chi connectivity index (χ2v) is 9.85. The van der Waals surface area contributed by atoms with Gasteiger partial charge in [-0.3, -0.25) is 4.79 Å². The monoisotopic (exact) mass is 494 g/mol. The summed E-state index contributed by atoms with van der Waals surface area (Å²) in [5.74, 6) is -0.722. The Bertz CT molecular complexity index is 1090. The number of aromatic nitrogens is 3. The van der Waals surface area contributed by atoms with Gasteiger partial charge in [0.05, 0.1) is 10.4 Å². The van der Waals surface area contributed by atoms with E-state index in [0.717, 1.165) is 22.2 Å². The van der Waals surface area contributed by atoms with Crippen molar-refractivity contribution in [2.45, 2.75) is 35.0 Å². The highest BCUT2D eigenvalue weighted by Gasteiger charge is 2.34. The number of nitrogens with zero attached hydrogens (tertiary/aromatic N) is 4. The third kappa shape index (κ3) is 6.14. The van der Waals surface area contributed by atoms with Crippen LogP contribution in [-0.2, 0) is 11.9 Å². The largest absolute Gasteiger partial charge is 0.451 e. The second kappa shape index (κ2) is 9.96. The molecule has 2 aromatic heterocycles. The first-order valence-corrected chi connectivity index (χ1v) is 12.0. The number of nitrogens with two attached hydrogens (primary N) is 1. The van der Waals surface area contributed by atoms with Gasteiger partial charge in [-0.15, -0.1) is 11.8 Å². The van der Waals surface area contributed by atoms with E-state index in [1.54, 1.807) is 30.5 Å². The number of piperidine rings is 1. The molecule has 0 bridgehead atoms. The molecule has 1 aliphatic heterocycles. The molecule has 0 saturated carbocycles. The molecule has 0 radical (unpaired) electrons. The minimum Gasteiger partial charge on any atom is -0.399 e. The fourth-order valence-electron chi connectivity index (χ4n) is 3.39. The summed E-state index contributed by atoms with van der Waals surface area (Å²) in [6.07, 6.45) is 1.38. The quantitative estimate of drug-likeness (QED) is 0.384. The average Bonchev–Trinajstić information content (AvgIpc) is 3.25. The first-order valence-electron chi connectivity index (χ1n) is 10.2. The predicted molar refractivity (Wildman–Crippen MR) is 122 cm³/mol. The van der Waals surface area contributed by atoms with Gasteiger partial charge in [-0.05, 0) is 42.7 Å². The number of alkyl halides is 3. The van der Waals surface area contributed by atoms with Gasteiger partial charge in [0.1, 0.15) is 0 Å². The summed E-state index contributed by atoms with van der Waals surface area (Å²) in [7, 11) is 0. The Kier molecular flexibility index (Phi) is 7.03. The van der Waals surface area contributed by atoms with Gasteiger partial charge in [0.25, 0.3) is 5.91 Å². The maximum Gasteiger partial charge on any atom is 0.451 e. The van der Waals surface area contributed by atoms with Crippen LogP contribution in [0.25, 0.3) is 0 Å². The number of benzene rings is 1. The third-order valence-electron chi connectivity index (χ3n) is 5.02. The van der Waals surface area contributed by atoms with E-state index < -0.39 is 12.0 Å². The molecular weight excluding hydrogens is 473 g/mol. The number of nitrogen functional groups attached to an aromatic ring is 1. The molecule has 3 heterocycles. The maximum atomic E-state index is 12.8. The lowest BCUT2D eigenvalue weighted by Crippen LogP contribution is -2.45. The second-order valence-electron chi connectivity index (χ2n) is 7.54. The van der Waals surface area contributed by atoms with E-state index in [4.69, 9.17) is 5.73 Å². The van der Waals surface area contributed by atoms with E-state index >= 15 is 0 Å². The van der Waals surface area contributed by atoms with Crippen LogP contribution in [-0.4, -0.2) is 44.9 Å². The number of amides is 1. The normalized spacial score (nSPS) is 16.6. The first-order chi connectivity index (χ1) is 15.8. The fraction of sp³-hybridized carbons (Fsp3) is 0.333. The molecule has 0 spiro atoms. The van der Waals surface area contributed by atoms with Crippen molar-refractivity contribution in [3.63, 3.8) is 0 Å². The lowest BCUT2D eigenvalue weighted by Gasteiger charge is -2.33. The number of carbonyl (C=O) groups is 1. The van der Waals surface area contributed by atoms with Gasteiger partial charge < -0.3 is 16.0 Å². The van der Waals surface area contributed by atoms with Gasteiger partial charge >= 0.3 is 6.18 Å². The number of hydrogen-bond donors (Lipinski definition) is 2. The third-order valence-corrected chi connectivity index (χ3v) is 7.21. The van der Waals surface area contributed by atoms with Gasteiger partial charge in [0.2, 0.25) is 5.82 Å². The molecule has 3 aromatic rings. The highest BCUT2D eigenvalue weighted by atomic mass is 32.2. The lowest BCUT2D eigenvalue weighted by atomic mass is 10.0. The number of rotatable bonds is 6. The number of thiazole rings is 1. The highest BCUT2D eigenvalue weighted by Crippen LogP contribution is 2.32. The molecule has 1 saturated heterocycles. The van der Waals surface area contributed by atoms with Gasteiger partial charge in [-0.2, -0.15) is 13.2 Å². The minimum atomic E-state index is -4.54. The molecule has 174 valence electrons. The van der Waals surface area contributed by atoms with Crippen LogP contribution in [0.5, 0.6) is 0 Å². The van der Waals surface area contributed by atoms with Crippen molar-refractivity contribution in [1.82, 2.24) is 19.9 Å². The van der Waals surface area contributed by atoms with Crippen LogP contribution in [0.4, 0.5) is 24.0 Å². The van der Waals surface area contributed by atoms with Crippen molar-refractivity contribution in [2.24, 2.45) is 0 Å². The molecule has 7 nitrogen and oxygen atoms in total. The topological polar surface area (TPSA) is 97.0 Å². The Morgan fingerprint density at radius 2 is 1.91 bits per heavy atom. The number of nitrogens with one attached hydrogen (secondary N) is 1. The summed E-state index contributed by atoms with van der Waals surface area (Å²) in [5, 5.41) is 4.14. The number of anilines is 2. The molecule has 1 aromatic carbocycles. The molecule has 1 fully saturated rings. The number of halogens is 3. The Morgan fingerprint density at radius 1 is 1.18 bits per heavy atom. The van der Waals surface area contributed by atoms with Crippen LogP contribution in [0.15, 0.2) is 47.1 Å². The summed E-state index contributed by atoms with van der Waals surface area (Å²) in [4.78, 5) is 25.8. The van der Waals surface area contributed by atoms with Crippen molar-refractivity contribution in [3.8, 4) is 0 Å². The molecule has 4 rings (SSSR count). The zero-order valence-electron chi connectivity index (χ0n) is 17.4. The summed E-state index contributed by atoms with van der Waals surface area (Å²) >= 11 is 2.92. The van der Waals surface area contributed by atoms with E-state index in [9.17, 15) is 18.0 Å². The summed E-state index contributed by atoms with van der Waals surface area (Å²) in [6, 6.07) is 7.00. The van der Waals surface area contributed by atoms with E-state index in [1.165, 1.54) is 35.5 Å². The first kappa shape index (κ1) is 23.3. The molecule has 12 heteroatoms. The highest BCUT2D eigenvalue weighted by molar-refractivity contribution is 8.00. The molecule has 1 aliphatic rings. The van der Waals surface area contributed by atoms with Crippen LogP contribution in [0.2, 0.25) is 0 Å². The zero-order chi connectivity index (χ0) is 23.4. The summed E-state index contributed by atoms with van der Waals surface area (Å²) < 4.78 is 38.6. The predicted octanol–water partition coefficient (Wildman–Crippen LogP) is 4.54. The number of likely N-dealkylation sites (tertiary alicyclic amines) is 1. The van der Waals surface area contributed by atoms with E-state index in [-0.39, 0.29) is 11.9 Å². The van der Waals surface area contributed by atoms with Crippen LogP contribution >= 0.6 is 23.1 Å². The molecule has 3 N–H and O–H groups in total. The SMILES string of the molecule is Nc1ccc(C(=O)N2CCCC(Nc3ncc(SCc4cnc(C(F)(F)F)nc4)s3)C2)cc1. The van der Waals surface area contributed by atoms with E-state index in [1.807, 2.05) is 4.90 Å². The van der Waals surface area contributed by atoms with Crippen molar-refractivity contribution < 1.29 is 18.0 Å². The molecule has 0 aliphatic carbocycles. The Balaban J connectivity index is 1.30. The van der Waals surface area contributed by atoms with Gasteiger partial charge in [0.15, 0.2) is 5.13 Å². The van der Waals surface area contributed by atoms with Crippen molar-refractivity contribution in [1.29, 1.82) is 0 Å². The summed E-state index contributed by atoms with van der Waals surface area (Å²) in [5.41, 5.74) is 7.53. The van der Waals surface area contributed by atoms with Crippen LogP contribution in [0.3, 0.4) is 0 Å². The summed E-state index contributed by atoms with van der Waals surface area (Å²) in [6.45, 7) is 1.28. The van der Waals surface area contributed by atoms with E-state index in [0.29, 0.717) is 35.7 Å². The molecular formula is C21H21F3N6OS2. The molecule has 1 atom stereocenters.